The summed E-state index contributed by atoms with van der Waals surface area (Å²) in [6.45, 7) is 0. The van der Waals surface area contributed by atoms with Crippen molar-refractivity contribution in [1.82, 2.24) is 0 Å². The fraction of sp³-hybridized carbons (Fsp3) is 0.0588. The molecule has 0 unspecified atom stereocenters. The van der Waals surface area contributed by atoms with Crippen LogP contribution in [0.1, 0.15) is 20.9 Å². The Bertz CT molecular complexity index is 865. The number of thiophene rings is 1. The number of hydrogen-bond donors (Lipinski definition) is 1. The minimum absolute atomic E-state index is 0.0647. The summed E-state index contributed by atoms with van der Waals surface area (Å²) in [4.78, 5) is 23.6. The van der Waals surface area contributed by atoms with Gasteiger partial charge in [-0.25, -0.2) is 0 Å². The SMILES string of the molecule is COc1ccc(-c2csc(NC(=O)c3ccco3)c2C(=O)[O-])cc1. The van der Waals surface area contributed by atoms with Gasteiger partial charge in [-0.1, -0.05) is 12.1 Å². The fourth-order valence-electron chi connectivity index (χ4n) is 2.21. The zero-order valence-electron chi connectivity index (χ0n) is 12.6. The molecule has 2 heterocycles. The highest BCUT2D eigenvalue weighted by Gasteiger charge is 2.18. The molecule has 1 N–H and O–H groups in total. The van der Waals surface area contributed by atoms with E-state index in [9.17, 15) is 14.7 Å². The normalized spacial score (nSPS) is 10.4. The molecule has 0 atom stereocenters. The third-order valence-corrected chi connectivity index (χ3v) is 4.26. The summed E-state index contributed by atoms with van der Waals surface area (Å²) in [6.07, 6.45) is 1.37. The Balaban J connectivity index is 1.95. The van der Waals surface area contributed by atoms with Crippen molar-refractivity contribution in [3.63, 3.8) is 0 Å². The van der Waals surface area contributed by atoms with E-state index >= 15 is 0 Å². The van der Waals surface area contributed by atoms with Crippen LogP contribution >= 0.6 is 11.3 Å². The number of benzene rings is 1. The van der Waals surface area contributed by atoms with E-state index in [0.29, 0.717) is 16.9 Å². The number of rotatable bonds is 5. The molecule has 122 valence electrons. The van der Waals surface area contributed by atoms with E-state index in [-0.39, 0.29) is 16.3 Å². The zero-order chi connectivity index (χ0) is 17.1. The van der Waals surface area contributed by atoms with Crippen molar-refractivity contribution >= 4 is 28.2 Å². The molecule has 6 nitrogen and oxygen atoms in total. The molecular formula is C17H12NO5S-. The lowest BCUT2D eigenvalue weighted by Gasteiger charge is -2.10. The van der Waals surface area contributed by atoms with Gasteiger partial charge in [-0.15, -0.1) is 11.3 Å². The summed E-state index contributed by atoms with van der Waals surface area (Å²) in [6, 6.07) is 10.0. The van der Waals surface area contributed by atoms with Crippen molar-refractivity contribution in [1.29, 1.82) is 0 Å². The minimum atomic E-state index is -1.36. The molecule has 3 aromatic rings. The molecule has 0 fully saturated rings. The van der Waals surface area contributed by atoms with Crippen molar-refractivity contribution in [2.45, 2.75) is 0 Å². The summed E-state index contributed by atoms with van der Waals surface area (Å²) in [5.74, 6) is -1.13. The number of carbonyl (C=O) groups excluding carboxylic acids is 2. The Morgan fingerprint density at radius 2 is 1.96 bits per heavy atom. The van der Waals surface area contributed by atoms with Crippen molar-refractivity contribution in [3.8, 4) is 16.9 Å². The molecule has 0 bridgehead atoms. The maximum Gasteiger partial charge on any atom is 0.291 e. The maximum atomic E-state index is 12.1. The Morgan fingerprint density at radius 1 is 1.21 bits per heavy atom. The molecule has 0 saturated heterocycles. The topological polar surface area (TPSA) is 91.6 Å². The van der Waals surface area contributed by atoms with Gasteiger partial charge >= 0.3 is 0 Å². The molecule has 0 saturated carbocycles. The number of anilines is 1. The molecule has 1 aromatic carbocycles. The highest BCUT2D eigenvalue weighted by molar-refractivity contribution is 7.15. The summed E-state index contributed by atoms with van der Waals surface area (Å²) in [7, 11) is 1.55. The van der Waals surface area contributed by atoms with Gasteiger partial charge in [-0.2, -0.15) is 0 Å². The number of ether oxygens (including phenoxy) is 1. The Labute approximate surface area is 141 Å². The number of carboxylic acids is 1. The molecule has 0 aliphatic rings. The number of methoxy groups -OCH3 is 1. The highest BCUT2D eigenvalue weighted by atomic mass is 32.1. The monoisotopic (exact) mass is 342 g/mol. The molecule has 0 aliphatic heterocycles. The number of carboxylic acid groups (broad SMARTS) is 1. The quantitative estimate of drug-likeness (QED) is 0.769. The van der Waals surface area contributed by atoms with E-state index in [2.05, 4.69) is 5.32 Å². The summed E-state index contributed by atoms with van der Waals surface area (Å²) >= 11 is 1.11. The van der Waals surface area contributed by atoms with Crippen LogP contribution in [0.25, 0.3) is 11.1 Å². The van der Waals surface area contributed by atoms with Gasteiger partial charge < -0.3 is 24.4 Å². The van der Waals surface area contributed by atoms with Crippen LogP contribution in [0.15, 0.2) is 52.5 Å². The molecule has 3 rings (SSSR count). The average Bonchev–Trinajstić information content (AvgIpc) is 3.24. The molecule has 0 aliphatic carbocycles. The van der Waals surface area contributed by atoms with Crippen molar-refractivity contribution in [3.05, 3.63) is 59.4 Å². The Morgan fingerprint density at radius 3 is 2.54 bits per heavy atom. The third-order valence-electron chi connectivity index (χ3n) is 3.37. The molecule has 0 radical (unpaired) electrons. The highest BCUT2D eigenvalue weighted by Crippen LogP contribution is 2.36. The lowest BCUT2D eigenvalue weighted by Crippen LogP contribution is -2.24. The van der Waals surface area contributed by atoms with E-state index in [1.807, 2.05) is 0 Å². The van der Waals surface area contributed by atoms with Crippen LogP contribution in [0.3, 0.4) is 0 Å². The summed E-state index contributed by atoms with van der Waals surface area (Å²) in [5.41, 5.74) is 1.09. The summed E-state index contributed by atoms with van der Waals surface area (Å²) in [5, 5.41) is 16.0. The van der Waals surface area contributed by atoms with E-state index in [4.69, 9.17) is 9.15 Å². The van der Waals surface area contributed by atoms with Crippen molar-refractivity contribution in [2.24, 2.45) is 0 Å². The van der Waals surface area contributed by atoms with E-state index in [1.165, 1.54) is 12.3 Å². The maximum absolute atomic E-state index is 12.1. The van der Waals surface area contributed by atoms with Crippen LogP contribution in [0, 0.1) is 0 Å². The largest absolute Gasteiger partial charge is 0.545 e. The first-order valence-electron chi connectivity index (χ1n) is 6.92. The van der Waals surface area contributed by atoms with Crippen molar-refractivity contribution in [2.75, 3.05) is 12.4 Å². The van der Waals surface area contributed by atoms with Crippen LogP contribution in [0.4, 0.5) is 5.00 Å². The number of hydrogen-bond acceptors (Lipinski definition) is 6. The minimum Gasteiger partial charge on any atom is -0.545 e. The van der Waals surface area contributed by atoms with E-state index in [0.717, 1.165) is 11.3 Å². The zero-order valence-corrected chi connectivity index (χ0v) is 13.4. The lowest BCUT2D eigenvalue weighted by molar-refractivity contribution is -0.254. The standard InChI is InChI=1S/C17H13NO5S/c1-22-11-6-4-10(5-7-11)12-9-24-16(14(12)17(20)21)18-15(19)13-3-2-8-23-13/h2-9H,1H3,(H,18,19)(H,20,21)/p-1. The molecule has 0 spiro atoms. The lowest BCUT2D eigenvalue weighted by atomic mass is 10.0. The predicted octanol–water partition coefficient (Wildman–Crippen LogP) is 2.63. The number of nitrogens with one attached hydrogen (secondary N) is 1. The molecule has 2 aromatic heterocycles. The molecule has 1 amide bonds. The smallest absolute Gasteiger partial charge is 0.291 e. The van der Waals surface area contributed by atoms with Crippen LogP contribution in [-0.2, 0) is 0 Å². The van der Waals surface area contributed by atoms with Gasteiger partial charge in [0.1, 0.15) is 10.8 Å². The number of carbonyl (C=O) groups is 2. The molecule has 24 heavy (non-hydrogen) atoms. The molecular weight excluding hydrogens is 330 g/mol. The van der Waals surface area contributed by atoms with Gasteiger partial charge in [0, 0.05) is 16.5 Å². The van der Waals surface area contributed by atoms with Gasteiger partial charge in [-0.3, -0.25) is 4.79 Å². The van der Waals surface area contributed by atoms with Gasteiger partial charge in [0.25, 0.3) is 5.91 Å². The second-order valence-corrected chi connectivity index (χ2v) is 5.68. The van der Waals surface area contributed by atoms with Gasteiger partial charge in [0.2, 0.25) is 0 Å². The number of furan rings is 1. The van der Waals surface area contributed by atoms with E-state index < -0.39 is 11.9 Å². The third kappa shape index (κ3) is 3.02. The van der Waals surface area contributed by atoms with Crippen LogP contribution in [-0.4, -0.2) is 19.0 Å². The number of amides is 1. The Kier molecular flexibility index (Phi) is 4.35. The predicted molar refractivity (Wildman–Crippen MR) is 87.3 cm³/mol. The number of aromatic carboxylic acids is 1. The second kappa shape index (κ2) is 6.59. The Hall–Kier alpha value is -3.06. The van der Waals surface area contributed by atoms with E-state index in [1.54, 1.807) is 42.8 Å². The van der Waals surface area contributed by atoms with Gasteiger partial charge in [0.15, 0.2) is 5.76 Å². The first-order chi connectivity index (χ1) is 11.6. The van der Waals surface area contributed by atoms with Crippen LogP contribution < -0.4 is 15.2 Å². The first-order valence-corrected chi connectivity index (χ1v) is 7.80. The van der Waals surface area contributed by atoms with Crippen LogP contribution in [0.5, 0.6) is 5.75 Å². The molecule has 7 heteroatoms. The van der Waals surface area contributed by atoms with Gasteiger partial charge in [0.05, 0.1) is 19.3 Å². The first kappa shape index (κ1) is 15.8. The fourth-order valence-corrected chi connectivity index (χ4v) is 3.16. The van der Waals surface area contributed by atoms with Gasteiger partial charge in [-0.05, 0) is 29.8 Å². The van der Waals surface area contributed by atoms with Crippen LogP contribution in [0.2, 0.25) is 0 Å². The second-order valence-electron chi connectivity index (χ2n) is 4.80. The van der Waals surface area contributed by atoms with Crippen molar-refractivity contribution < 1.29 is 23.8 Å². The average molecular weight is 342 g/mol. The summed E-state index contributed by atoms with van der Waals surface area (Å²) < 4.78 is 10.1.